The molecule has 7 heteroatoms. The SMILES string of the molecule is Cc1sc2ncn(CC(=O)Nc3cccnc3)c(=O)c2c1C. The van der Waals surface area contributed by atoms with Crippen LogP contribution in [0.15, 0.2) is 35.6 Å². The summed E-state index contributed by atoms with van der Waals surface area (Å²) in [5.74, 6) is -0.291. The normalized spacial score (nSPS) is 10.8. The van der Waals surface area contributed by atoms with Gasteiger partial charge in [0.05, 0.1) is 23.6 Å². The van der Waals surface area contributed by atoms with Crippen molar-refractivity contribution in [3.8, 4) is 0 Å². The molecule has 0 bridgehead atoms. The van der Waals surface area contributed by atoms with Crippen molar-refractivity contribution in [2.24, 2.45) is 0 Å². The zero-order chi connectivity index (χ0) is 15.7. The standard InChI is InChI=1S/C15H14N4O2S/c1-9-10(2)22-14-13(9)15(21)19(8-17-14)7-12(20)18-11-4-3-5-16-6-11/h3-6,8H,7H2,1-2H3,(H,18,20). The Kier molecular flexibility index (Phi) is 3.72. The number of carbonyl (C=O) groups excluding carboxylic acids is 1. The van der Waals surface area contributed by atoms with Crippen LogP contribution in [0.4, 0.5) is 5.69 Å². The predicted octanol–water partition coefficient (Wildman–Crippen LogP) is 2.11. The molecule has 0 saturated heterocycles. The Morgan fingerprint density at radius 2 is 2.23 bits per heavy atom. The lowest BCUT2D eigenvalue weighted by molar-refractivity contribution is -0.116. The van der Waals surface area contributed by atoms with Gasteiger partial charge in [-0.1, -0.05) is 0 Å². The van der Waals surface area contributed by atoms with E-state index in [-0.39, 0.29) is 18.0 Å². The Hall–Kier alpha value is -2.54. The summed E-state index contributed by atoms with van der Waals surface area (Å²) in [5.41, 5.74) is 1.34. The molecule has 0 radical (unpaired) electrons. The van der Waals surface area contributed by atoms with Crippen molar-refractivity contribution < 1.29 is 4.79 Å². The highest BCUT2D eigenvalue weighted by Crippen LogP contribution is 2.25. The summed E-state index contributed by atoms with van der Waals surface area (Å²) in [5, 5.41) is 3.30. The number of amides is 1. The van der Waals surface area contributed by atoms with E-state index in [1.54, 1.807) is 24.5 Å². The van der Waals surface area contributed by atoms with Gasteiger partial charge in [0.1, 0.15) is 11.4 Å². The molecule has 0 aromatic carbocycles. The molecule has 3 aromatic rings. The second-order valence-corrected chi connectivity index (χ2v) is 6.13. The first-order valence-corrected chi connectivity index (χ1v) is 7.53. The first-order valence-electron chi connectivity index (χ1n) is 6.71. The van der Waals surface area contributed by atoms with Crippen molar-refractivity contribution in [1.82, 2.24) is 14.5 Å². The third kappa shape index (κ3) is 2.62. The number of pyridine rings is 1. The Morgan fingerprint density at radius 1 is 1.41 bits per heavy atom. The van der Waals surface area contributed by atoms with Crippen LogP contribution in [0.25, 0.3) is 10.2 Å². The number of nitrogens with one attached hydrogen (secondary N) is 1. The first-order chi connectivity index (χ1) is 10.6. The minimum Gasteiger partial charge on any atom is -0.323 e. The van der Waals surface area contributed by atoms with Crippen LogP contribution in [0.2, 0.25) is 0 Å². The zero-order valence-corrected chi connectivity index (χ0v) is 13.0. The van der Waals surface area contributed by atoms with E-state index in [9.17, 15) is 9.59 Å². The van der Waals surface area contributed by atoms with Crippen molar-refractivity contribution >= 4 is 33.1 Å². The molecular weight excluding hydrogens is 300 g/mol. The molecule has 6 nitrogen and oxygen atoms in total. The number of thiophene rings is 1. The van der Waals surface area contributed by atoms with Gasteiger partial charge in [0.2, 0.25) is 5.91 Å². The zero-order valence-electron chi connectivity index (χ0n) is 12.2. The molecule has 3 rings (SSSR count). The number of nitrogens with zero attached hydrogens (tertiary/aromatic N) is 3. The third-order valence-corrected chi connectivity index (χ3v) is 4.53. The monoisotopic (exact) mass is 314 g/mol. The number of rotatable bonds is 3. The maximum absolute atomic E-state index is 12.5. The van der Waals surface area contributed by atoms with Gasteiger partial charge in [-0.25, -0.2) is 4.98 Å². The number of aryl methyl sites for hydroxylation is 2. The fourth-order valence-corrected chi connectivity index (χ4v) is 3.16. The molecule has 3 aromatic heterocycles. The molecule has 0 saturated carbocycles. The molecule has 1 amide bonds. The summed E-state index contributed by atoms with van der Waals surface area (Å²) in [6.45, 7) is 3.78. The summed E-state index contributed by atoms with van der Waals surface area (Å²) in [7, 11) is 0. The highest BCUT2D eigenvalue weighted by atomic mass is 32.1. The summed E-state index contributed by atoms with van der Waals surface area (Å²) < 4.78 is 1.33. The minimum absolute atomic E-state index is 0.0784. The van der Waals surface area contributed by atoms with Gasteiger partial charge in [0.15, 0.2) is 0 Å². The van der Waals surface area contributed by atoms with Gasteiger partial charge in [-0.2, -0.15) is 0 Å². The van der Waals surface area contributed by atoms with Gasteiger partial charge in [-0.05, 0) is 31.5 Å². The molecule has 1 N–H and O–H groups in total. The molecule has 0 unspecified atom stereocenters. The minimum atomic E-state index is -0.291. The van der Waals surface area contributed by atoms with E-state index in [0.717, 1.165) is 10.4 Å². The Balaban J connectivity index is 1.88. The van der Waals surface area contributed by atoms with Crippen LogP contribution in [-0.4, -0.2) is 20.4 Å². The summed E-state index contributed by atoms with van der Waals surface area (Å²) in [6.07, 6.45) is 4.59. The van der Waals surface area contributed by atoms with Gasteiger partial charge < -0.3 is 5.32 Å². The molecule has 0 atom stereocenters. The summed E-state index contributed by atoms with van der Waals surface area (Å²) >= 11 is 1.49. The third-order valence-electron chi connectivity index (χ3n) is 3.42. The number of fused-ring (bicyclic) bond motifs is 1. The smallest absolute Gasteiger partial charge is 0.262 e. The molecule has 0 fully saturated rings. The van der Waals surface area contributed by atoms with Crippen molar-refractivity contribution in [2.75, 3.05) is 5.32 Å². The molecule has 112 valence electrons. The predicted molar refractivity (Wildman–Crippen MR) is 86.2 cm³/mol. The molecule has 0 aliphatic heterocycles. The average Bonchev–Trinajstić information content (AvgIpc) is 2.79. The molecule has 22 heavy (non-hydrogen) atoms. The lowest BCUT2D eigenvalue weighted by Gasteiger charge is -2.07. The van der Waals surface area contributed by atoms with E-state index < -0.39 is 0 Å². The highest BCUT2D eigenvalue weighted by molar-refractivity contribution is 7.18. The van der Waals surface area contributed by atoms with Gasteiger partial charge in [-0.15, -0.1) is 11.3 Å². The molecule has 3 heterocycles. The van der Waals surface area contributed by atoms with Crippen molar-refractivity contribution in [3.63, 3.8) is 0 Å². The Morgan fingerprint density at radius 3 is 2.95 bits per heavy atom. The van der Waals surface area contributed by atoms with Crippen LogP contribution in [0.1, 0.15) is 10.4 Å². The van der Waals surface area contributed by atoms with Crippen molar-refractivity contribution in [2.45, 2.75) is 20.4 Å². The highest BCUT2D eigenvalue weighted by Gasteiger charge is 2.13. The van der Waals surface area contributed by atoms with Crippen molar-refractivity contribution in [3.05, 3.63) is 51.6 Å². The second kappa shape index (κ2) is 5.69. The number of hydrogen-bond acceptors (Lipinski definition) is 5. The first kappa shape index (κ1) is 14.4. The summed E-state index contributed by atoms with van der Waals surface area (Å²) in [6, 6.07) is 3.47. The largest absolute Gasteiger partial charge is 0.323 e. The van der Waals surface area contributed by atoms with Gasteiger partial charge in [0.25, 0.3) is 5.56 Å². The van der Waals surface area contributed by atoms with E-state index in [0.29, 0.717) is 15.9 Å². The van der Waals surface area contributed by atoms with Gasteiger partial charge in [0, 0.05) is 11.1 Å². The Bertz CT molecular complexity index is 899. The van der Waals surface area contributed by atoms with E-state index in [2.05, 4.69) is 15.3 Å². The Labute approximate surface area is 130 Å². The number of aromatic nitrogens is 3. The molecule has 0 aliphatic carbocycles. The van der Waals surface area contributed by atoms with E-state index in [1.807, 2.05) is 13.8 Å². The van der Waals surface area contributed by atoms with Crippen LogP contribution in [0.5, 0.6) is 0 Å². The number of hydrogen-bond donors (Lipinski definition) is 1. The fraction of sp³-hybridized carbons (Fsp3) is 0.200. The molecule has 0 aliphatic rings. The van der Waals surface area contributed by atoms with Crippen LogP contribution >= 0.6 is 11.3 Å². The maximum atomic E-state index is 12.5. The van der Waals surface area contributed by atoms with Crippen LogP contribution in [-0.2, 0) is 11.3 Å². The fourth-order valence-electron chi connectivity index (χ4n) is 2.17. The average molecular weight is 314 g/mol. The van der Waals surface area contributed by atoms with E-state index >= 15 is 0 Å². The van der Waals surface area contributed by atoms with Crippen LogP contribution in [0, 0.1) is 13.8 Å². The number of carbonyl (C=O) groups is 1. The lowest BCUT2D eigenvalue weighted by Crippen LogP contribution is -2.27. The topological polar surface area (TPSA) is 76.9 Å². The molecular formula is C15H14N4O2S. The van der Waals surface area contributed by atoms with Gasteiger partial charge >= 0.3 is 0 Å². The van der Waals surface area contributed by atoms with Crippen molar-refractivity contribution in [1.29, 1.82) is 0 Å². The van der Waals surface area contributed by atoms with E-state index in [1.165, 1.54) is 22.2 Å². The maximum Gasteiger partial charge on any atom is 0.262 e. The quantitative estimate of drug-likeness (QED) is 0.803. The summed E-state index contributed by atoms with van der Waals surface area (Å²) in [4.78, 5) is 34.5. The van der Waals surface area contributed by atoms with Crippen LogP contribution < -0.4 is 10.9 Å². The van der Waals surface area contributed by atoms with Gasteiger partial charge in [-0.3, -0.25) is 19.1 Å². The molecule has 0 spiro atoms. The lowest BCUT2D eigenvalue weighted by atomic mass is 10.2. The number of anilines is 1. The second-order valence-electron chi connectivity index (χ2n) is 4.93. The van der Waals surface area contributed by atoms with E-state index in [4.69, 9.17) is 0 Å². The van der Waals surface area contributed by atoms with Crippen LogP contribution in [0.3, 0.4) is 0 Å².